The first-order valence-corrected chi connectivity index (χ1v) is 5.86. The predicted molar refractivity (Wildman–Crippen MR) is 61.0 cm³/mol. The van der Waals surface area contributed by atoms with E-state index in [4.69, 9.17) is 0 Å². The van der Waals surface area contributed by atoms with Crippen molar-refractivity contribution in [3.63, 3.8) is 0 Å². The Balaban J connectivity index is 3.74. The van der Waals surface area contributed by atoms with Gasteiger partial charge in [0.2, 0.25) is 0 Å². The van der Waals surface area contributed by atoms with Gasteiger partial charge in [0.1, 0.15) is 0 Å². The molecule has 0 rings (SSSR count). The van der Waals surface area contributed by atoms with Crippen molar-refractivity contribution in [2.45, 2.75) is 47.5 Å². The maximum absolute atomic E-state index is 2.59. The fourth-order valence-electron chi connectivity index (χ4n) is 1.47. The highest BCUT2D eigenvalue weighted by Gasteiger charge is 2.09. The van der Waals surface area contributed by atoms with Gasteiger partial charge in [-0.15, -0.1) is 0 Å². The smallest absolute Gasteiger partial charge is 0.000691 e. The van der Waals surface area contributed by atoms with Gasteiger partial charge in [-0.05, 0) is 18.4 Å². The van der Waals surface area contributed by atoms with Gasteiger partial charge in [0.15, 0.2) is 0 Å². The lowest BCUT2D eigenvalue weighted by Gasteiger charge is -2.26. The molecule has 0 bridgehead atoms. The monoisotopic (exact) mass is 185 g/mol. The molecule has 13 heavy (non-hydrogen) atoms. The quantitative estimate of drug-likeness (QED) is 0.587. The van der Waals surface area contributed by atoms with Crippen LogP contribution in [0.1, 0.15) is 47.5 Å². The van der Waals surface area contributed by atoms with Crippen LogP contribution in [-0.2, 0) is 0 Å². The van der Waals surface area contributed by atoms with Crippen molar-refractivity contribution in [1.29, 1.82) is 0 Å². The molecule has 0 fully saturated rings. The van der Waals surface area contributed by atoms with Crippen LogP contribution in [0, 0.1) is 11.8 Å². The van der Waals surface area contributed by atoms with Gasteiger partial charge < -0.3 is 4.90 Å². The molecule has 0 aliphatic rings. The number of rotatable bonds is 7. The molecule has 2 unspecified atom stereocenters. The summed E-state index contributed by atoms with van der Waals surface area (Å²) in [4.78, 5) is 2.59. The Bertz CT molecular complexity index is 99.7. The minimum atomic E-state index is 0.851. The van der Waals surface area contributed by atoms with Gasteiger partial charge >= 0.3 is 0 Å². The molecule has 0 saturated heterocycles. The predicted octanol–water partition coefficient (Wildman–Crippen LogP) is 3.40. The average molecular weight is 185 g/mol. The van der Waals surface area contributed by atoms with Gasteiger partial charge in [-0.2, -0.15) is 0 Å². The number of hydrogen-bond acceptors (Lipinski definition) is 1. The Hall–Kier alpha value is -0.0400. The zero-order chi connectivity index (χ0) is 10.3. The number of nitrogens with zero attached hydrogens (tertiary/aromatic N) is 1. The highest BCUT2D eigenvalue weighted by atomic mass is 15.1. The molecule has 0 aromatic heterocycles. The number of hydrogen-bond donors (Lipinski definition) is 0. The Morgan fingerprint density at radius 1 is 0.846 bits per heavy atom. The fraction of sp³-hybridized carbons (Fsp3) is 1.00. The first kappa shape index (κ1) is 13.0. The van der Waals surface area contributed by atoms with E-state index >= 15 is 0 Å². The Labute approximate surface area is 84.5 Å². The molecule has 0 aromatic carbocycles. The van der Waals surface area contributed by atoms with E-state index in [-0.39, 0.29) is 0 Å². The second kappa shape index (κ2) is 7.37. The minimum Gasteiger partial charge on any atom is -0.303 e. The van der Waals surface area contributed by atoms with Crippen molar-refractivity contribution in [2.75, 3.05) is 19.6 Å². The molecule has 0 spiro atoms. The van der Waals surface area contributed by atoms with Crippen molar-refractivity contribution in [1.82, 2.24) is 4.90 Å². The van der Waals surface area contributed by atoms with Crippen LogP contribution in [0.5, 0.6) is 0 Å². The van der Waals surface area contributed by atoms with Crippen LogP contribution in [0.15, 0.2) is 0 Å². The Morgan fingerprint density at radius 3 is 1.46 bits per heavy atom. The van der Waals surface area contributed by atoms with E-state index in [2.05, 4.69) is 39.5 Å². The summed E-state index contributed by atoms with van der Waals surface area (Å²) in [7, 11) is 0. The molecule has 0 aromatic rings. The van der Waals surface area contributed by atoms with E-state index in [0.29, 0.717) is 0 Å². The maximum Gasteiger partial charge on any atom is 0.000691 e. The third-order valence-corrected chi connectivity index (χ3v) is 2.98. The molecule has 0 aliphatic heterocycles. The normalized spacial score (nSPS) is 16.2. The van der Waals surface area contributed by atoms with Gasteiger partial charge in [-0.3, -0.25) is 0 Å². The highest BCUT2D eigenvalue weighted by molar-refractivity contribution is 4.63. The van der Waals surface area contributed by atoms with Crippen LogP contribution in [0.4, 0.5) is 0 Å². The molecule has 0 saturated carbocycles. The molecule has 2 atom stereocenters. The second-order valence-corrected chi connectivity index (χ2v) is 4.38. The summed E-state index contributed by atoms with van der Waals surface area (Å²) in [5.74, 6) is 1.70. The van der Waals surface area contributed by atoms with E-state index in [9.17, 15) is 0 Å². The lowest BCUT2D eigenvalue weighted by Crippen LogP contribution is -2.32. The first-order chi connectivity index (χ1) is 6.13. The third-order valence-electron chi connectivity index (χ3n) is 2.98. The average Bonchev–Trinajstić information content (AvgIpc) is 2.16. The van der Waals surface area contributed by atoms with E-state index in [0.717, 1.165) is 11.8 Å². The zero-order valence-corrected chi connectivity index (χ0v) is 10.1. The van der Waals surface area contributed by atoms with Crippen molar-refractivity contribution < 1.29 is 0 Å². The van der Waals surface area contributed by atoms with Gasteiger partial charge in [-0.25, -0.2) is 0 Å². The summed E-state index contributed by atoms with van der Waals surface area (Å²) < 4.78 is 0. The van der Waals surface area contributed by atoms with E-state index < -0.39 is 0 Å². The van der Waals surface area contributed by atoms with Crippen LogP contribution in [0.25, 0.3) is 0 Å². The minimum absolute atomic E-state index is 0.851. The van der Waals surface area contributed by atoms with Crippen LogP contribution in [0.3, 0.4) is 0 Å². The molecule has 1 heteroatoms. The van der Waals surface area contributed by atoms with Crippen molar-refractivity contribution in [2.24, 2.45) is 11.8 Å². The van der Waals surface area contributed by atoms with E-state index in [1.807, 2.05) is 0 Å². The second-order valence-electron chi connectivity index (χ2n) is 4.38. The van der Waals surface area contributed by atoms with Crippen molar-refractivity contribution in [3.05, 3.63) is 0 Å². The van der Waals surface area contributed by atoms with Crippen LogP contribution >= 0.6 is 0 Å². The summed E-state index contributed by atoms with van der Waals surface area (Å²) >= 11 is 0. The van der Waals surface area contributed by atoms with Gasteiger partial charge in [0.25, 0.3) is 0 Å². The SMILES string of the molecule is CCC(C)CN(CC)CC(C)CC. The molecular weight excluding hydrogens is 158 g/mol. The summed E-state index contributed by atoms with van der Waals surface area (Å²) in [5, 5.41) is 0. The third kappa shape index (κ3) is 6.09. The molecule has 0 amide bonds. The molecule has 0 heterocycles. The fourth-order valence-corrected chi connectivity index (χ4v) is 1.47. The van der Waals surface area contributed by atoms with Crippen LogP contribution in [-0.4, -0.2) is 24.5 Å². The molecule has 80 valence electrons. The highest BCUT2D eigenvalue weighted by Crippen LogP contribution is 2.08. The lowest BCUT2D eigenvalue weighted by molar-refractivity contribution is 0.214. The van der Waals surface area contributed by atoms with E-state index in [1.54, 1.807) is 0 Å². The molecular formula is C12H27N. The van der Waals surface area contributed by atoms with Gasteiger partial charge in [0, 0.05) is 13.1 Å². The standard InChI is InChI=1S/C12H27N/c1-6-11(4)9-13(8-3)10-12(5)7-2/h11-12H,6-10H2,1-5H3. The molecule has 0 aliphatic carbocycles. The first-order valence-electron chi connectivity index (χ1n) is 5.86. The lowest BCUT2D eigenvalue weighted by atomic mass is 10.1. The molecule has 1 nitrogen and oxygen atoms in total. The Morgan fingerprint density at radius 2 is 1.23 bits per heavy atom. The summed E-state index contributed by atoms with van der Waals surface area (Å²) in [6.07, 6.45) is 2.61. The largest absolute Gasteiger partial charge is 0.303 e. The summed E-state index contributed by atoms with van der Waals surface area (Å²) in [6.45, 7) is 15.3. The molecule has 0 N–H and O–H groups in total. The Kier molecular flexibility index (Phi) is 7.35. The topological polar surface area (TPSA) is 3.24 Å². The van der Waals surface area contributed by atoms with Crippen LogP contribution in [0.2, 0.25) is 0 Å². The zero-order valence-electron chi connectivity index (χ0n) is 10.1. The van der Waals surface area contributed by atoms with Crippen LogP contribution < -0.4 is 0 Å². The van der Waals surface area contributed by atoms with Crippen molar-refractivity contribution in [3.8, 4) is 0 Å². The van der Waals surface area contributed by atoms with Gasteiger partial charge in [-0.1, -0.05) is 47.5 Å². The summed E-state index contributed by atoms with van der Waals surface area (Å²) in [5.41, 5.74) is 0. The molecule has 0 radical (unpaired) electrons. The summed E-state index contributed by atoms with van der Waals surface area (Å²) in [6, 6.07) is 0. The van der Waals surface area contributed by atoms with Crippen molar-refractivity contribution >= 4 is 0 Å². The van der Waals surface area contributed by atoms with E-state index in [1.165, 1.54) is 32.5 Å². The maximum atomic E-state index is 2.59. The van der Waals surface area contributed by atoms with Gasteiger partial charge in [0.05, 0.1) is 0 Å².